The van der Waals surface area contributed by atoms with Gasteiger partial charge in [-0.3, -0.25) is 0 Å². The second-order valence-corrected chi connectivity index (χ2v) is 12.2. The molecule has 0 saturated carbocycles. The molecule has 0 bridgehead atoms. The molecule has 3 heterocycles. The molecule has 3 aliphatic heterocycles. The summed E-state index contributed by atoms with van der Waals surface area (Å²) >= 11 is 6.34. The summed E-state index contributed by atoms with van der Waals surface area (Å²) in [5, 5.41) is -0.341. The molecule has 0 amide bonds. The first-order valence-electron chi connectivity index (χ1n) is 11.2. The lowest BCUT2D eigenvalue weighted by atomic mass is 9.84. The van der Waals surface area contributed by atoms with Crippen LogP contribution < -0.4 is 0 Å². The number of ether oxygens (including phenoxy) is 1. The number of alkyl halides is 3. The van der Waals surface area contributed by atoms with Crippen LogP contribution in [0.4, 0.5) is 17.6 Å². The van der Waals surface area contributed by atoms with Crippen LogP contribution in [-0.2, 0) is 32.7 Å². The van der Waals surface area contributed by atoms with Gasteiger partial charge >= 0.3 is 6.18 Å². The van der Waals surface area contributed by atoms with Gasteiger partial charge in [0.05, 0.1) is 28.3 Å². The van der Waals surface area contributed by atoms with Crippen molar-refractivity contribution in [3.05, 3.63) is 69.0 Å². The monoisotopic (exact) mass is 546 g/mol. The first-order chi connectivity index (χ1) is 16.5. The number of fused-ring (bicyclic) bond motifs is 2. The second-order valence-electron chi connectivity index (χ2n) is 9.20. The Morgan fingerprint density at radius 1 is 1.26 bits per heavy atom. The van der Waals surface area contributed by atoms with Crippen LogP contribution in [0.5, 0.6) is 0 Å². The van der Waals surface area contributed by atoms with Gasteiger partial charge in [0.25, 0.3) is 0 Å². The first-order valence-corrected chi connectivity index (χ1v) is 13.6. The third-order valence-corrected chi connectivity index (χ3v) is 9.93. The van der Waals surface area contributed by atoms with Gasteiger partial charge in [-0.15, -0.1) is 0 Å². The van der Waals surface area contributed by atoms with Gasteiger partial charge in [0.2, 0.25) is 0 Å². The molecule has 0 aliphatic carbocycles. The molecule has 5 rings (SSSR count). The quantitative estimate of drug-likeness (QED) is 0.331. The normalized spacial score (nSPS) is 24.4. The fraction of sp³-hybridized carbons (Fsp3) is 0.458. The van der Waals surface area contributed by atoms with Crippen molar-refractivity contribution in [3.8, 4) is 0 Å². The van der Waals surface area contributed by atoms with Crippen molar-refractivity contribution in [1.82, 2.24) is 4.31 Å². The summed E-state index contributed by atoms with van der Waals surface area (Å²) in [7, 11) is -1.03. The van der Waals surface area contributed by atoms with Gasteiger partial charge in [-0.25, -0.2) is 17.3 Å². The maximum Gasteiger partial charge on any atom is 0.409 e. The van der Waals surface area contributed by atoms with Crippen molar-refractivity contribution < 1.29 is 26.5 Å². The Morgan fingerprint density at radius 2 is 2.00 bits per heavy atom. The molecule has 1 fully saturated rings. The molecule has 1 saturated heterocycles. The van der Waals surface area contributed by atoms with E-state index in [0.29, 0.717) is 48.7 Å². The molecular formula is C24H23ClF4N2O2S2. The summed E-state index contributed by atoms with van der Waals surface area (Å²) < 4.78 is 79.3. The van der Waals surface area contributed by atoms with Gasteiger partial charge < -0.3 is 4.74 Å². The Morgan fingerprint density at radius 3 is 2.66 bits per heavy atom. The Balaban J connectivity index is 1.40. The third kappa shape index (κ3) is 4.05. The van der Waals surface area contributed by atoms with Crippen LogP contribution in [0.2, 0.25) is 5.02 Å². The molecule has 1 spiro atoms. The van der Waals surface area contributed by atoms with E-state index in [0.717, 1.165) is 23.6 Å². The van der Waals surface area contributed by atoms with E-state index in [4.69, 9.17) is 16.3 Å². The predicted octanol–water partition coefficient (Wildman–Crippen LogP) is 6.20. The van der Waals surface area contributed by atoms with Crippen molar-refractivity contribution in [2.24, 2.45) is 4.40 Å². The summed E-state index contributed by atoms with van der Waals surface area (Å²) in [6.45, 7) is 4.79. The van der Waals surface area contributed by atoms with Gasteiger partial charge in [-0.2, -0.15) is 13.2 Å². The van der Waals surface area contributed by atoms with Gasteiger partial charge in [-0.05, 0) is 65.2 Å². The van der Waals surface area contributed by atoms with Crippen molar-refractivity contribution in [1.29, 1.82) is 0 Å². The minimum Gasteiger partial charge on any atom is -0.363 e. The number of aryl methyl sites for hydroxylation is 1. The molecular weight excluding hydrogens is 524 g/mol. The SMILES string of the molecule is CCCS(=O)N1CC2(C1)OCc1cc(C3=NSC(c4cc(C)c(F)c(Cl)c4)(C(F)(F)F)C3)ccc12. The number of hydrogen-bond acceptors (Lipinski definition) is 4. The minimum absolute atomic E-state index is 0.0552. The number of halogens is 5. The zero-order chi connectivity index (χ0) is 25.2. The van der Waals surface area contributed by atoms with Crippen molar-refractivity contribution >= 4 is 40.2 Å². The predicted molar refractivity (Wildman–Crippen MR) is 130 cm³/mol. The van der Waals surface area contributed by atoms with Crippen LogP contribution in [-0.4, -0.2) is 39.2 Å². The van der Waals surface area contributed by atoms with E-state index in [1.54, 1.807) is 6.07 Å². The highest BCUT2D eigenvalue weighted by Crippen LogP contribution is 2.57. The van der Waals surface area contributed by atoms with E-state index in [9.17, 15) is 21.8 Å². The van der Waals surface area contributed by atoms with Crippen LogP contribution in [0.1, 0.15) is 47.6 Å². The van der Waals surface area contributed by atoms with E-state index in [-0.39, 0.29) is 16.1 Å². The summed E-state index contributed by atoms with van der Waals surface area (Å²) in [5.74, 6) is -0.114. The van der Waals surface area contributed by atoms with E-state index < -0.39 is 39.7 Å². The minimum atomic E-state index is -4.63. The molecule has 2 aromatic rings. The zero-order valence-corrected chi connectivity index (χ0v) is 21.4. The zero-order valence-electron chi connectivity index (χ0n) is 19.0. The molecule has 0 N–H and O–H groups in total. The summed E-state index contributed by atoms with van der Waals surface area (Å²) in [6.07, 6.45) is -4.19. The lowest BCUT2D eigenvalue weighted by Crippen LogP contribution is -2.59. The van der Waals surface area contributed by atoms with Crippen molar-refractivity contribution in [2.45, 2.75) is 49.8 Å². The number of hydrogen-bond donors (Lipinski definition) is 0. The molecule has 3 aliphatic rings. The molecule has 2 unspecified atom stereocenters. The first kappa shape index (κ1) is 25.2. The van der Waals surface area contributed by atoms with E-state index >= 15 is 0 Å². The van der Waals surface area contributed by atoms with E-state index in [1.165, 1.54) is 13.0 Å². The highest BCUT2D eigenvalue weighted by molar-refractivity contribution is 7.99. The van der Waals surface area contributed by atoms with Crippen LogP contribution in [0.25, 0.3) is 0 Å². The molecule has 4 nitrogen and oxygen atoms in total. The molecule has 11 heteroatoms. The fourth-order valence-electron chi connectivity index (χ4n) is 4.88. The maximum absolute atomic E-state index is 14.4. The molecule has 188 valence electrons. The Labute approximate surface area is 212 Å². The van der Waals surface area contributed by atoms with Crippen LogP contribution >= 0.6 is 23.5 Å². The highest BCUT2D eigenvalue weighted by atomic mass is 35.5. The van der Waals surface area contributed by atoms with Gasteiger partial charge in [0.1, 0.15) is 11.4 Å². The largest absolute Gasteiger partial charge is 0.409 e. The molecule has 0 aromatic heterocycles. The van der Waals surface area contributed by atoms with Crippen LogP contribution in [0.15, 0.2) is 34.7 Å². The van der Waals surface area contributed by atoms with E-state index in [2.05, 4.69) is 4.40 Å². The summed E-state index contributed by atoms with van der Waals surface area (Å²) in [4.78, 5) is 0. The molecule has 0 radical (unpaired) electrons. The summed E-state index contributed by atoms with van der Waals surface area (Å²) in [5.41, 5.74) is 2.23. The fourth-order valence-corrected chi connectivity index (χ4v) is 7.42. The molecule has 35 heavy (non-hydrogen) atoms. The van der Waals surface area contributed by atoms with Crippen molar-refractivity contribution in [2.75, 3.05) is 18.8 Å². The number of nitrogens with zero attached hydrogens (tertiary/aromatic N) is 2. The second kappa shape index (κ2) is 8.83. The van der Waals surface area contributed by atoms with Gasteiger partial charge in [0, 0.05) is 25.3 Å². The Kier molecular flexibility index (Phi) is 6.36. The highest BCUT2D eigenvalue weighted by Gasteiger charge is 2.60. The van der Waals surface area contributed by atoms with Gasteiger partial charge in [-0.1, -0.05) is 36.7 Å². The molecule has 2 aromatic carbocycles. The van der Waals surface area contributed by atoms with Gasteiger partial charge in [0.15, 0.2) is 4.75 Å². The lowest BCUT2D eigenvalue weighted by molar-refractivity contribution is -0.159. The van der Waals surface area contributed by atoms with Crippen molar-refractivity contribution in [3.63, 3.8) is 0 Å². The average Bonchev–Trinajstić information content (AvgIpc) is 3.39. The topological polar surface area (TPSA) is 41.9 Å². The molecule has 2 atom stereocenters. The lowest BCUT2D eigenvalue weighted by Gasteiger charge is -2.46. The van der Waals surface area contributed by atoms with Crippen LogP contribution in [0, 0.1) is 12.7 Å². The standard InChI is InChI=1S/C24H23ClF4N2O2S2/c1-3-6-35(32)31-12-22(13-31)18-5-4-15(8-16(18)11-33-22)20-10-23(34-30-20,24(27,28)29)17-7-14(2)21(26)19(25)9-17/h4-5,7-9H,3,6,10-13H2,1-2H3. The Bertz CT molecular complexity index is 1220. The third-order valence-electron chi connectivity index (χ3n) is 6.83. The maximum atomic E-state index is 14.4. The average molecular weight is 547 g/mol. The number of rotatable bonds is 5. The van der Waals surface area contributed by atoms with E-state index in [1.807, 2.05) is 23.4 Å². The smallest absolute Gasteiger partial charge is 0.363 e. The number of benzene rings is 2. The van der Waals surface area contributed by atoms with Crippen LogP contribution in [0.3, 0.4) is 0 Å². The Hall–Kier alpha value is -1.46. The summed E-state index contributed by atoms with van der Waals surface area (Å²) in [6, 6.07) is 7.75.